The molecule has 2 atom stereocenters. The van der Waals surface area contributed by atoms with Crippen molar-refractivity contribution in [3.8, 4) is 0 Å². The van der Waals surface area contributed by atoms with Crippen LogP contribution < -0.4 is 9.21 Å². The van der Waals surface area contributed by atoms with Crippen LogP contribution in [0, 0.1) is 6.92 Å². The highest BCUT2D eigenvalue weighted by atomic mass is 32.2. The molecule has 32 heavy (non-hydrogen) atoms. The fourth-order valence-corrected chi connectivity index (χ4v) is 7.39. The van der Waals surface area contributed by atoms with E-state index in [9.17, 15) is 13.2 Å². The maximum absolute atomic E-state index is 13.7. The van der Waals surface area contributed by atoms with E-state index < -0.39 is 10.0 Å². The lowest BCUT2D eigenvalue weighted by atomic mass is 9.89. The number of hydrogen-bond acceptors (Lipinski definition) is 4. The molecule has 0 radical (unpaired) electrons. The zero-order valence-electron chi connectivity index (χ0n) is 18.2. The number of likely N-dealkylation sites (N-methyl/N-ethyl adjacent to an activating group) is 1. The lowest BCUT2D eigenvalue weighted by Crippen LogP contribution is -2.50. The number of carbonyl (C=O) groups excluding carboxylic acids is 1. The van der Waals surface area contributed by atoms with Crippen LogP contribution in [0.2, 0.25) is 0 Å². The molecule has 0 aromatic heterocycles. The Morgan fingerprint density at radius 1 is 1.06 bits per heavy atom. The summed E-state index contributed by atoms with van der Waals surface area (Å²) in [6.07, 6.45) is 0.878. The Bertz CT molecular complexity index is 1380. The second-order valence-corrected chi connectivity index (χ2v) is 11.0. The standard InChI is InChI=1S/C25H25N3O3S/c1-16-9-10-20-18(13-16)19-14-26(2)12-11-21(19)28(20)24(29)15-27-22-7-3-5-17-6-4-8-23(25(17)22)32(27,30)31/h3-10,13,19,21H,11-12,14-15H2,1-2H3/t19-,21+/m1/s1. The first kappa shape index (κ1) is 19.8. The largest absolute Gasteiger partial charge is 0.307 e. The molecule has 3 aliphatic heterocycles. The summed E-state index contributed by atoms with van der Waals surface area (Å²) >= 11 is 0. The average Bonchev–Trinajstić information content (AvgIpc) is 3.19. The Kier molecular flexibility index (Phi) is 4.20. The van der Waals surface area contributed by atoms with Crippen LogP contribution in [-0.4, -0.2) is 51.9 Å². The number of nitrogens with zero attached hydrogens (tertiary/aromatic N) is 3. The summed E-state index contributed by atoms with van der Waals surface area (Å²) < 4.78 is 28.1. The minimum atomic E-state index is -3.77. The molecule has 6 nitrogen and oxygen atoms in total. The van der Waals surface area contributed by atoms with Crippen LogP contribution >= 0.6 is 0 Å². The Labute approximate surface area is 188 Å². The Balaban J connectivity index is 1.40. The predicted octanol–water partition coefficient (Wildman–Crippen LogP) is 3.49. The number of amides is 1. The fraction of sp³-hybridized carbons (Fsp3) is 0.320. The summed E-state index contributed by atoms with van der Waals surface area (Å²) in [7, 11) is -1.65. The molecule has 164 valence electrons. The number of sulfonamides is 1. The second kappa shape index (κ2) is 6.80. The normalized spacial score (nSPS) is 23.4. The molecule has 3 aromatic carbocycles. The van der Waals surface area contributed by atoms with E-state index in [1.807, 2.05) is 35.2 Å². The van der Waals surface area contributed by atoms with Gasteiger partial charge < -0.3 is 9.80 Å². The molecule has 3 aromatic rings. The van der Waals surface area contributed by atoms with Gasteiger partial charge in [-0.2, -0.15) is 0 Å². The summed E-state index contributed by atoms with van der Waals surface area (Å²) in [6.45, 7) is 3.70. The smallest absolute Gasteiger partial charge is 0.265 e. The van der Waals surface area contributed by atoms with Crippen LogP contribution in [0.4, 0.5) is 11.4 Å². The van der Waals surface area contributed by atoms with E-state index in [1.54, 1.807) is 18.2 Å². The van der Waals surface area contributed by atoms with Crippen molar-refractivity contribution in [1.82, 2.24) is 4.90 Å². The number of aryl methyl sites for hydroxylation is 1. The molecule has 3 aliphatic rings. The van der Waals surface area contributed by atoms with Gasteiger partial charge in [-0.1, -0.05) is 42.0 Å². The van der Waals surface area contributed by atoms with E-state index in [2.05, 4.69) is 24.9 Å². The molecular formula is C25H25N3O3S. The number of benzene rings is 3. The van der Waals surface area contributed by atoms with Gasteiger partial charge in [0.15, 0.2) is 0 Å². The first-order valence-electron chi connectivity index (χ1n) is 11.0. The second-order valence-electron chi connectivity index (χ2n) is 9.19. The molecule has 0 N–H and O–H groups in total. The minimum absolute atomic E-state index is 0.0685. The Hall–Kier alpha value is -2.90. The number of hydrogen-bond donors (Lipinski definition) is 0. The summed E-state index contributed by atoms with van der Waals surface area (Å²) in [5, 5.41) is 1.58. The van der Waals surface area contributed by atoms with E-state index in [1.165, 1.54) is 15.4 Å². The highest BCUT2D eigenvalue weighted by Crippen LogP contribution is 2.46. The number of anilines is 2. The van der Waals surface area contributed by atoms with E-state index in [-0.39, 0.29) is 29.3 Å². The third-order valence-electron chi connectivity index (χ3n) is 7.18. The molecule has 0 saturated carbocycles. The minimum Gasteiger partial charge on any atom is -0.307 e. The van der Waals surface area contributed by atoms with Crippen LogP contribution in [0.3, 0.4) is 0 Å². The van der Waals surface area contributed by atoms with Gasteiger partial charge in [0, 0.05) is 29.6 Å². The van der Waals surface area contributed by atoms with Crippen LogP contribution in [-0.2, 0) is 14.8 Å². The van der Waals surface area contributed by atoms with Gasteiger partial charge in [0.25, 0.3) is 10.0 Å². The zero-order valence-corrected chi connectivity index (χ0v) is 19.0. The third-order valence-corrected chi connectivity index (χ3v) is 8.98. The fourth-order valence-electron chi connectivity index (χ4n) is 5.73. The third kappa shape index (κ3) is 2.67. The van der Waals surface area contributed by atoms with Crippen molar-refractivity contribution in [3.63, 3.8) is 0 Å². The van der Waals surface area contributed by atoms with Crippen molar-refractivity contribution in [2.75, 3.05) is 35.9 Å². The molecule has 0 unspecified atom stereocenters. The number of carbonyl (C=O) groups is 1. The molecule has 7 heteroatoms. The van der Waals surface area contributed by atoms with Gasteiger partial charge in [0.1, 0.15) is 6.54 Å². The molecule has 0 spiro atoms. The lowest BCUT2D eigenvalue weighted by Gasteiger charge is -2.37. The maximum atomic E-state index is 13.7. The quantitative estimate of drug-likeness (QED) is 0.603. The highest BCUT2D eigenvalue weighted by Gasteiger charge is 2.45. The van der Waals surface area contributed by atoms with Crippen molar-refractivity contribution in [2.24, 2.45) is 0 Å². The van der Waals surface area contributed by atoms with Gasteiger partial charge in [0.2, 0.25) is 5.91 Å². The predicted molar refractivity (Wildman–Crippen MR) is 126 cm³/mol. The Morgan fingerprint density at radius 3 is 2.66 bits per heavy atom. The number of fused-ring (bicyclic) bond motifs is 3. The molecule has 0 aliphatic carbocycles. The van der Waals surface area contributed by atoms with Crippen LogP contribution in [0.15, 0.2) is 59.5 Å². The number of likely N-dealkylation sites (tertiary alicyclic amines) is 1. The van der Waals surface area contributed by atoms with Crippen molar-refractivity contribution < 1.29 is 13.2 Å². The summed E-state index contributed by atoms with van der Waals surface area (Å²) in [5.41, 5.74) is 3.90. The van der Waals surface area contributed by atoms with Gasteiger partial charge in [-0.3, -0.25) is 9.10 Å². The van der Waals surface area contributed by atoms with Crippen LogP contribution in [0.1, 0.15) is 23.5 Å². The zero-order chi connectivity index (χ0) is 22.2. The molecule has 1 amide bonds. The molecular weight excluding hydrogens is 422 g/mol. The Morgan fingerprint density at radius 2 is 1.84 bits per heavy atom. The van der Waals surface area contributed by atoms with Gasteiger partial charge in [-0.25, -0.2) is 8.42 Å². The van der Waals surface area contributed by atoms with E-state index in [4.69, 9.17) is 0 Å². The first-order valence-corrected chi connectivity index (χ1v) is 12.5. The van der Waals surface area contributed by atoms with Gasteiger partial charge in [-0.05, 0) is 56.1 Å². The van der Waals surface area contributed by atoms with Crippen molar-refractivity contribution in [2.45, 2.75) is 30.2 Å². The average molecular weight is 448 g/mol. The summed E-state index contributed by atoms with van der Waals surface area (Å²) in [4.78, 5) is 18.2. The van der Waals surface area contributed by atoms with Crippen molar-refractivity contribution >= 4 is 38.1 Å². The molecule has 6 rings (SSSR count). The monoisotopic (exact) mass is 447 g/mol. The van der Waals surface area contributed by atoms with Gasteiger partial charge >= 0.3 is 0 Å². The SMILES string of the molecule is Cc1ccc2c(c1)[C@H]1CN(C)CC[C@@H]1N2C(=O)CN1c2cccc3cccc(c23)S1(=O)=O. The molecule has 1 fully saturated rings. The van der Waals surface area contributed by atoms with E-state index in [0.29, 0.717) is 11.1 Å². The number of rotatable bonds is 2. The van der Waals surface area contributed by atoms with Gasteiger partial charge in [-0.15, -0.1) is 0 Å². The van der Waals surface area contributed by atoms with Crippen molar-refractivity contribution in [3.05, 3.63) is 65.7 Å². The number of piperidine rings is 1. The summed E-state index contributed by atoms with van der Waals surface area (Å²) in [6, 6.07) is 17.2. The van der Waals surface area contributed by atoms with Crippen LogP contribution in [0.5, 0.6) is 0 Å². The highest BCUT2D eigenvalue weighted by molar-refractivity contribution is 7.93. The maximum Gasteiger partial charge on any atom is 0.265 e. The van der Waals surface area contributed by atoms with E-state index >= 15 is 0 Å². The van der Waals surface area contributed by atoms with Crippen molar-refractivity contribution in [1.29, 1.82) is 0 Å². The lowest BCUT2D eigenvalue weighted by molar-refractivity contribution is -0.117. The molecule has 1 saturated heterocycles. The molecule has 0 bridgehead atoms. The first-order chi connectivity index (χ1) is 15.4. The molecule has 3 heterocycles. The van der Waals surface area contributed by atoms with Crippen LogP contribution in [0.25, 0.3) is 10.8 Å². The topological polar surface area (TPSA) is 60.9 Å². The summed E-state index contributed by atoms with van der Waals surface area (Å²) in [5.74, 6) is 0.0870. The van der Waals surface area contributed by atoms with E-state index in [0.717, 1.165) is 30.6 Å². The van der Waals surface area contributed by atoms with Gasteiger partial charge in [0.05, 0.1) is 10.6 Å².